The summed E-state index contributed by atoms with van der Waals surface area (Å²) in [6.45, 7) is 7.29. The highest BCUT2D eigenvalue weighted by molar-refractivity contribution is 5.59. The van der Waals surface area contributed by atoms with Crippen LogP contribution in [0.4, 0.5) is 0 Å². The van der Waals surface area contributed by atoms with E-state index in [9.17, 15) is 0 Å². The van der Waals surface area contributed by atoms with Crippen LogP contribution in [-0.2, 0) is 0 Å². The van der Waals surface area contributed by atoms with Crippen molar-refractivity contribution in [3.8, 4) is 0 Å². The molecule has 0 bridgehead atoms. The quantitative estimate of drug-likeness (QED) is 0.702. The maximum atomic E-state index is 4.13. The van der Waals surface area contributed by atoms with Gasteiger partial charge in [0.2, 0.25) is 0 Å². The Kier molecular flexibility index (Phi) is 2.11. The van der Waals surface area contributed by atoms with Crippen molar-refractivity contribution in [3.63, 3.8) is 0 Å². The number of aromatic nitrogens is 2. The van der Waals surface area contributed by atoms with E-state index in [0.29, 0.717) is 0 Å². The Labute approximate surface area is 66.0 Å². The number of hydrogen-bond donors (Lipinski definition) is 1. The van der Waals surface area contributed by atoms with Gasteiger partial charge in [-0.2, -0.15) is 9.89 Å². The molecule has 1 heterocycles. The van der Waals surface area contributed by atoms with Gasteiger partial charge in [-0.05, 0) is 6.08 Å². The lowest BCUT2D eigenvalue weighted by atomic mass is 10.2. The van der Waals surface area contributed by atoms with E-state index in [4.69, 9.17) is 0 Å². The molecule has 11 heavy (non-hydrogen) atoms. The van der Waals surface area contributed by atoms with Gasteiger partial charge in [-0.15, -0.1) is 0 Å². The van der Waals surface area contributed by atoms with Crippen molar-refractivity contribution in [1.29, 1.82) is 0 Å². The third kappa shape index (κ3) is 1.32. The fourth-order valence-corrected chi connectivity index (χ4v) is 0.831. The monoisotopic (exact) mass is 149 g/mol. The summed E-state index contributed by atoms with van der Waals surface area (Å²) >= 11 is 0. The van der Waals surface area contributed by atoms with Crippen molar-refractivity contribution < 1.29 is 0 Å². The molecule has 1 aromatic rings. The molecular formula is C8H11N3. The molecule has 0 radical (unpaired) electrons. The minimum Gasteiger partial charge on any atom is -0.313 e. The lowest BCUT2D eigenvalue weighted by Gasteiger charge is -1.93. The van der Waals surface area contributed by atoms with Crippen LogP contribution < -0.4 is 5.43 Å². The Balaban J connectivity index is 3.11. The second kappa shape index (κ2) is 3.05. The van der Waals surface area contributed by atoms with Gasteiger partial charge in [0.05, 0.1) is 11.9 Å². The number of nitrogens with one attached hydrogen (secondary N) is 1. The van der Waals surface area contributed by atoms with E-state index in [0.717, 1.165) is 11.3 Å². The fourth-order valence-electron chi connectivity index (χ4n) is 0.831. The largest absolute Gasteiger partial charge is 0.313 e. The van der Waals surface area contributed by atoms with Crippen LogP contribution in [0.25, 0.3) is 12.2 Å². The lowest BCUT2D eigenvalue weighted by molar-refractivity contribution is 0.779. The van der Waals surface area contributed by atoms with Crippen molar-refractivity contribution in [2.24, 2.45) is 0 Å². The van der Waals surface area contributed by atoms with Gasteiger partial charge in [0, 0.05) is 12.6 Å². The van der Waals surface area contributed by atoms with E-state index in [1.807, 2.05) is 6.20 Å². The standard InChI is InChI=1S/C8H11N3/c1-4-7-6-11(9-3)10-8(7)5-2/h4-6,9H,1-2H2,3H3. The van der Waals surface area contributed by atoms with Crippen LogP contribution >= 0.6 is 0 Å². The second-order valence-electron chi connectivity index (χ2n) is 2.05. The van der Waals surface area contributed by atoms with Crippen LogP contribution in [0.3, 0.4) is 0 Å². The predicted molar refractivity (Wildman–Crippen MR) is 47.7 cm³/mol. The van der Waals surface area contributed by atoms with Gasteiger partial charge < -0.3 is 5.43 Å². The summed E-state index contributed by atoms with van der Waals surface area (Å²) in [4.78, 5) is 1.62. The van der Waals surface area contributed by atoms with Crippen LogP contribution in [0.15, 0.2) is 19.4 Å². The SMILES string of the molecule is C=Cc1cn(NC)nc1C=C. The van der Waals surface area contributed by atoms with Crippen LogP contribution in [0.5, 0.6) is 0 Å². The van der Waals surface area contributed by atoms with Crippen molar-refractivity contribution in [3.05, 3.63) is 30.6 Å². The number of nitrogens with zero attached hydrogens (tertiary/aromatic N) is 2. The number of rotatable bonds is 3. The molecule has 1 rings (SSSR count). The van der Waals surface area contributed by atoms with E-state index in [1.54, 1.807) is 24.0 Å². The van der Waals surface area contributed by atoms with Crippen molar-refractivity contribution in [2.45, 2.75) is 0 Å². The third-order valence-electron chi connectivity index (χ3n) is 1.41. The Morgan fingerprint density at radius 3 is 2.64 bits per heavy atom. The van der Waals surface area contributed by atoms with Gasteiger partial charge in [-0.1, -0.05) is 19.2 Å². The summed E-state index contributed by atoms with van der Waals surface area (Å²) in [5.41, 5.74) is 4.69. The zero-order valence-corrected chi connectivity index (χ0v) is 6.54. The molecule has 1 aromatic heterocycles. The maximum absolute atomic E-state index is 4.13. The minimum absolute atomic E-state index is 0.842. The molecule has 0 unspecified atom stereocenters. The van der Waals surface area contributed by atoms with Crippen molar-refractivity contribution >= 4 is 12.2 Å². The summed E-state index contributed by atoms with van der Waals surface area (Å²) in [5, 5.41) is 4.13. The molecule has 0 aliphatic carbocycles. The summed E-state index contributed by atoms with van der Waals surface area (Å²) in [6.07, 6.45) is 5.30. The summed E-state index contributed by atoms with van der Waals surface area (Å²) in [5.74, 6) is 0. The molecule has 1 N–H and O–H groups in total. The first-order valence-electron chi connectivity index (χ1n) is 3.34. The first-order valence-corrected chi connectivity index (χ1v) is 3.34. The molecule has 0 atom stereocenters. The zero-order valence-electron chi connectivity index (χ0n) is 6.54. The maximum Gasteiger partial charge on any atom is 0.0938 e. The molecular weight excluding hydrogens is 138 g/mol. The average molecular weight is 149 g/mol. The molecule has 0 saturated heterocycles. The highest BCUT2D eigenvalue weighted by Crippen LogP contribution is 2.07. The number of hydrogen-bond acceptors (Lipinski definition) is 2. The molecule has 0 aliphatic heterocycles. The van der Waals surface area contributed by atoms with Crippen LogP contribution in [-0.4, -0.2) is 16.9 Å². The van der Waals surface area contributed by atoms with E-state index >= 15 is 0 Å². The molecule has 0 aliphatic rings. The topological polar surface area (TPSA) is 29.9 Å². The molecule has 0 amide bonds. The molecule has 58 valence electrons. The van der Waals surface area contributed by atoms with Crippen LogP contribution in [0.2, 0.25) is 0 Å². The van der Waals surface area contributed by atoms with Gasteiger partial charge in [0.1, 0.15) is 0 Å². The first-order chi connectivity index (χ1) is 5.31. The third-order valence-corrected chi connectivity index (χ3v) is 1.41. The summed E-state index contributed by atoms with van der Waals surface area (Å²) in [6, 6.07) is 0. The first kappa shape index (κ1) is 7.60. The van der Waals surface area contributed by atoms with Gasteiger partial charge in [-0.3, -0.25) is 0 Å². The summed E-state index contributed by atoms with van der Waals surface area (Å²) in [7, 11) is 1.80. The van der Waals surface area contributed by atoms with Crippen LogP contribution in [0, 0.1) is 0 Å². The molecule has 0 spiro atoms. The Bertz CT molecular complexity index is 247. The summed E-state index contributed by atoms with van der Waals surface area (Å²) < 4.78 is 0. The molecule has 3 nitrogen and oxygen atoms in total. The molecule has 0 aromatic carbocycles. The smallest absolute Gasteiger partial charge is 0.0938 e. The van der Waals surface area contributed by atoms with Gasteiger partial charge in [0.15, 0.2) is 0 Å². The van der Waals surface area contributed by atoms with Gasteiger partial charge in [0.25, 0.3) is 0 Å². The molecule has 0 saturated carbocycles. The molecule has 3 heteroatoms. The normalized spacial score (nSPS) is 9.18. The highest BCUT2D eigenvalue weighted by atomic mass is 15.5. The second-order valence-corrected chi connectivity index (χ2v) is 2.05. The van der Waals surface area contributed by atoms with E-state index < -0.39 is 0 Å². The predicted octanol–water partition coefficient (Wildman–Crippen LogP) is 1.34. The van der Waals surface area contributed by atoms with E-state index in [-0.39, 0.29) is 0 Å². The van der Waals surface area contributed by atoms with Crippen molar-refractivity contribution in [1.82, 2.24) is 9.89 Å². The highest BCUT2D eigenvalue weighted by Gasteiger charge is 1.99. The fraction of sp³-hybridized carbons (Fsp3) is 0.125. The van der Waals surface area contributed by atoms with E-state index in [2.05, 4.69) is 23.7 Å². The average Bonchev–Trinajstić information content (AvgIpc) is 2.46. The minimum atomic E-state index is 0.842. The zero-order chi connectivity index (χ0) is 8.27. The molecule has 0 fully saturated rings. The Morgan fingerprint density at radius 1 is 1.55 bits per heavy atom. The Hall–Kier alpha value is -1.51. The van der Waals surface area contributed by atoms with Crippen LogP contribution in [0.1, 0.15) is 11.3 Å². The lowest BCUT2D eigenvalue weighted by Crippen LogP contribution is -2.08. The Morgan fingerprint density at radius 2 is 2.27 bits per heavy atom. The van der Waals surface area contributed by atoms with Gasteiger partial charge in [-0.25, -0.2) is 0 Å². The van der Waals surface area contributed by atoms with Crippen molar-refractivity contribution in [2.75, 3.05) is 12.5 Å². The van der Waals surface area contributed by atoms with Gasteiger partial charge >= 0.3 is 0 Å². The van der Waals surface area contributed by atoms with E-state index in [1.165, 1.54) is 0 Å².